The van der Waals surface area contributed by atoms with Crippen molar-refractivity contribution in [1.29, 1.82) is 0 Å². The first-order chi connectivity index (χ1) is 48.3. The Morgan fingerprint density at radius 1 is 0.374 bits per heavy atom. The molecule has 0 spiro atoms. The molecule has 0 saturated carbocycles. The number of hydrogen-bond donors (Lipinski definition) is 12. The van der Waals surface area contributed by atoms with Crippen molar-refractivity contribution in [2.75, 3.05) is 26.4 Å². The molecule has 19 heteroatoms. The van der Waals surface area contributed by atoms with E-state index in [2.05, 4.69) is 153 Å². The van der Waals surface area contributed by atoms with Gasteiger partial charge in [-0.15, -0.1) is 0 Å². The lowest BCUT2D eigenvalue weighted by Gasteiger charge is -2.48. The van der Waals surface area contributed by atoms with Crippen molar-refractivity contribution < 1.29 is 89.4 Å². The van der Waals surface area contributed by atoms with E-state index in [0.29, 0.717) is 12.8 Å². The summed E-state index contributed by atoms with van der Waals surface area (Å²) in [5, 5.41) is 121. The molecule has 0 aromatic heterocycles. The maximum absolute atomic E-state index is 13.4. The molecule has 3 heterocycles. The standard InChI is InChI=1S/C80H131NO18/c1-3-5-7-9-11-13-15-17-19-20-21-22-23-24-25-26-27-28-29-30-31-32-33-34-35-36-37-38-39-40-41-42-44-46-48-50-52-54-56-58-68(86)81-63(64(85)57-55-53-51-49-47-45-43-18-16-14-12-10-8-6-4-2)62-94-78-74(92)71(89)76(66(60-83)96-78)99-80-75(93)72(90)77(67(61-84)97-80)98-79-73(91)70(88)69(87)65(59-82)95-79/h5,7,11,13,17,19,21-22,24-25,27-28,30-31,33-34,36-37,39-40,47,49,55,57,63-67,69-80,82-85,87-93H,3-4,6,8-10,12,14-16,18,20,23,26,29,32,35,38,41-46,48,50-54,56,58-62H2,1-2H3,(H,81,86)/b7-5-,13-11-,19-17-,22-21-,25-24-,28-27-,31-30-,34-33-,37-36-,40-39-,49-47+,57-55+. The summed E-state index contributed by atoms with van der Waals surface area (Å²) in [7, 11) is 0. The largest absolute Gasteiger partial charge is 0.394 e. The minimum absolute atomic E-state index is 0.216. The lowest BCUT2D eigenvalue weighted by molar-refractivity contribution is -0.379. The smallest absolute Gasteiger partial charge is 0.220 e. The van der Waals surface area contributed by atoms with Gasteiger partial charge in [0.2, 0.25) is 5.91 Å². The van der Waals surface area contributed by atoms with E-state index in [9.17, 15) is 61.0 Å². The van der Waals surface area contributed by atoms with Crippen LogP contribution in [0.1, 0.15) is 219 Å². The van der Waals surface area contributed by atoms with Crippen LogP contribution in [0.15, 0.2) is 146 Å². The second-order valence-electron chi connectivity index (χ2n) is 26.0. The highest BCUT2D eigenvalue weighted by atomic mass is 16.8. The monoisotopic (exact) mass is 1390 g/mol. The predicted molar refractivity (Wildman–Crippen MR) is 392 cm³/mol. The number of carbonyl (C=O) groups excluding carboxylic acids is 1. The van der Waals surface area contributed by atoms with E-state index in [4.69, 9.17) is 28.4 Å². The van der Waals surface area contributed by atoms with Gasteiger partial charge in [0.1, 0.15) is 73.2 Å². The fourth-order valence-electron chi connectivity index (χ4n) is 11.6. The summed E-state index contributed by atoms with van der Waals surface area (Å²) in [5.41, 5.74) is 0. The predicted octanol–water partition coefficient (Wildman–Crippen LogP) is 11.5. The quantitative estimate of drug-likeness (QED) is 0.0199. The van der Waals surface area contributed by atoms with Crippen LogP contribution in [-0.2, 0) is 33.2 Å². The lowest BCUT2D eigenvalue weighted by atomic mass is 9.96. The molecule has 3 rings (SSSR count). The Kier molecular flexibility index (Phi) is 53.1. The molecule has 3 fully saturated rings. The van der Waals surface area contributed by atoms with E-state index in [1.165, 1.54) is 57.8 Å². The third-order valence-electron chi connectivity index (χ3n) is 17.6. The molecule has 19 nitrogen and oxygen atoms in total. The number of allylic oxidation sites excluding steroid dienone is 23. The van der Waals surface area contributed by atoms with Crippen LogP contribution in [-0.4, -0.2) is 193 Å². The Hall–Kier alpha value is -4.33. The van der Waals surface area contributed by atoms with E-state index in [0.717, 1.165) is 128 Å². The van der Waals surface area contributed by atoms with Crippen molar-refractivity contribution in [3.8, 4) is 0 Å². The Morgan fingerprint density at radius 3 is 1.13 bits per heavy atom. The van der Waals surface area contributed by atoms with Crippen LogP contribution < -0.4 is 5.32 Å². The molecule has 3 aliphatic rings. The normalized spacial score (nSPS) is 27.5. The number of amides is 1. The molecule has 17 atom stereocenters. The summed E-state index contributed by atoms with van der Waals surface area (Å²) < 4.78 is 34.3. The van der Waals surface area contributed by atoms with Crippen LogP contribution in [0.2, 0.25) is 0 Å². The van der Waals surface area contributed by atoms with Crippen LogP contribution in [0, 0.1) is 0 Å². The maximum atomic E-state index is 13.4. The van der Waals surface area contributed by atoms with Gasteiger partial charge < -0.3 is 89.9 Å². The van der Waals surface area contributed by atoms with E-state index in [-0.39, 0.29) is 18.9 Å². The summed E-state index contributed by atoms with van der Waals surface area (Å²) in [6.07, 6.45) is 58.3. The van der Waals surface area contributed by atoms with Gasteiger partial charge in [0.05, 0.1) is 38.6 Å². The van der Waals surface area contributed by atoms with E-state index < -0.39 is 124 Å². The Labute approximate surface area is 593 Å². The summed E-state index contributed by atoms with van der Waals surface area (Å²) in [6.45, 7) is 1.56. The van der Waals surface area contributed by atoms with Crippen molar-refractivity contribution in [3.05, 3.63) is 146 Å². The van der Waals surface area contributed by atoms with Gasteiger partial charge in [-0.25, -0.2) is 0 Å². The fraction of sp³-hybridized carbons (Fsp3) is 0.688. The van der Waals surface area contributed by atoms with Gasteiger partial charge in [0.25, 0.3) is 0 Å². The van der Waals surface area contributed by atoms with E-state index in [1.807, 2.05) is 6.08 Å². The maximum Gasteiger partial charge on any atom is 0.220 e. The fourth-order valence-corrected chi connectivity index (χ4v) is 11.6. The summed E-state index contributed by atoms with van der Waals surface area (Å²) >= 11 is 0. The van der Waals surface area contributed by atoms with Crippen LogP contribution in [0.5, 0.6) is 0 Å². The number of hydrogen-bond acceptors (Lipinski definition) is 18. The molecular formula is C80H131NO18. The van der Waals surface area contributed by atoms with Gasteiger partial charge in [0.15, 0.2) is 18.9 Å². The number of rotatable bonds is 56. The zero-order chi connectivity index (χ0) is 71.8. The number of carbonyl (C=O) groups is 1. The number of ether oxygens (including phenoxy) is 6. The van der Waals surface area contributed by atoms with Crippen LogP contribution in [0.3, 0.4) is 0 Å². The first-order valence-corrected chi connectivity index (χ1v) is 37.6. The van der Waals surface area contributed by atoms with Crippen molar-refractivity contribution in [3.63, 3.8) is 0 Å². The number of aliphatic hydroxyl groups is 11. The second kappa shape index (κ2) is 59.1. The Bertz CT molecular complexity index is 2360. The molecule has 564 valence electrons. The zero-order valence-corrected chi connectivity index (χ0v) is 59.9. The van der Waals surface area contributed by atoms with Crippen LogP contribution in [0.4, 0.5) is 0 Å². The molecule has 17 unspecified atom stereocenters. The zero-order valence-electron chi connectivity index (χ0n) is 59.9. The van der Waals surface area contributed by atoms with E-state index in [1.54, 1.807) is 6.08 Å². The summed E-state index contributed by atoms with van der Waals surface area (Å²) in [6, 6.07) is -1.00. The summed E-state index contributed by atoms with van der Waals surface area (Å²) in [4.78, 5) is 13.4. The van der Waals surface area contributed by atoms with Crippen molar-refractivity contribution >= 4 is 5.91 Å². The molecule has 3 aliphatic heterocycles. The van der Waals surface area contributed by atoms with Crippen LogP contribution >= 0.6 is 0 Å². The average molecular weight is 1390 g/mol. The molecule has 12 N–H and O–H groups in total. The van der Waals surface area contributed by atoms with Crippen molar-refractivity contribution in [2.45, 2.75) is 324 Å². The van der Waals surface area contributed by atoms with Gasteiger partial charge in [0, 0.05) is 6.42 Å². The number of unbranched alkanes of at least 4 members (excludes halogenated alkanes) is 18. The van der Waals surface area contributed by atoms with Gasteiger partial charge in [-0.3, -0.25) is 4.79 Å². The molecule has 0 aliphatic carbocycles. The molecule has 0 radical (unpaired) electrons. The number of aliphatic hydroxyl groups excluding tert-OH is 11. The lowest BCUT2D eigenvalue weighted by Crippen LogP contribution is -2.66. The third-order valence-corrected chi connectivity index (χ3v) is 17.6. The molecule has 0 bridgehead atoms. The van der Waals surface area contributed by atoms with Crippen molar-refractivity contribution in [1.82, 2.24) is 5.32 Å². The van der Waals surface area contributed by atoms with Gasteiger partial charge >= 0.3 is 0 Å². The second-order valence-corrected chi connectivity index (χ2v) is 26.0. The summed E-state index contributed by atoms with van der Waals surface area (Å²) in [5.74, 6) is -0.301. The minimum Gasteiger partial charge on any atom is -0.394 e. The molecule has 1 amide bonds. The highest BCUT2D eigenvalue weighted by Gasteiger charge is 2.53. The minimum atomic E-state index is -1.99. The first kappa shape index (κ1) is 88.9. The van der Waals surface area contributed by atoms with Crippen molar-refractivity contribution in [2.24, 2.45) is 0 Å². The first-order valence-electron chi connectivity index (χ1n) is 37.6. The molecule has 99 heavy (non-hydrogen) atoms. The number of nitrogens with one attached hydrogen (secondary N) is 1. The highest BCUT2D eigenvalue weighted by Crippen LogP contribution is 2.33. The Balaban J connectivity index is 1.36. The molecule has 0 aromatic carbocycles. The molecule has 0 aromatic rings. The third kappa shape index (κ3) is 39.8. The van der Waals surface area contributed by atoms with E-state index >= 15 is 0 Å². The van der Waals surface area contributed by atoms with Gasteiger partial charge in [-0.05, 0) is 109 Å². The topological polar surface area (TPSA) is 307 Å². The molecular weight excluding hydrogens is 1260 g/mol. The Morgan fingerprint density at radius 2 is 0.707 bits per heavy atom. The average Bonchev–Trinajstić information content (AvgIpc) is 0.784. The highest BCUT2D eigenvalue weighted by molar-refractivity contribution is 5.76. The van der Waals surface area contributed by atoms with Gasteiger partial charge in [-0.1, -0.05) is 250 Å². The van der Waals surface area contributed by atoms with Gasteiger partial charge in [-0.2, -0.15) is 0 Å². The van der Waals surface area contributed by atoms with Crippen LogP contribution in [0.25, 0.3) is 0 Å². The SMILES string of the molecule is CC/C=C\C/C=C\C/C=C\C/C=C\C/C=C\C/C=C\C/C=C\C/C=C\C/C=C\C/C=C\CCCCCCCCCCC(=O)NC(COC1OC(CO)C(OC2OC(CO)C(OC3OC(CO)C(O)C(O)C3O)C(O)C2O)C(O)C1O)C(O)/C=C/CC/C=C/CCCCCCCCCCC. The molecule has 3 saturated heterocycles.